The molecule has 0 bridgehead atoms. The molecular weight excluding hydrogens is 224 g/mol. The maximum absolute atomic E-state index is 11.6. The lowest BCUT2D eigenvalue weighted by Crippen LogP contribution is -2.23. The van der Waals surface area contributed by atoms with Gasteiger partial charge in [0.05, 0.1) is 0 Å². The fourth-order valence-corrected chi connectivity index (χ4v) is 2.08. The van der Waals surface area contributed by atoms with Crippen LogP contribution in [0.3, 0.4) is 0 Å². The fraction of sp³-hybridized carbons (Fsp3) is 0.400. The first-order chi connectivity index (χ1) is 8.54. The minimum Gasteiger partial charge on any atom is -0.359 e. The largest absolute Gasteiger partial charge is 0.359 e. The summed E-state index contributed by atoms with van der Waals surface area (Å²) in [7, 11) is 0. The van der Waals surface area contributed by atoms with Crippen molar-refractivity contribution < 1.29 is 4.79 Å². The highest BCUT2D eigenvalue weighted by Gasteiger charge is 2.05. The minimum atomic E-state index is 0.121. The fourth-order valence-electron chi connectivity index (χ4n) is 2.08. The summed E-state index contributed by atoms with van der Waals surface area (Å²) in [5.41, 5.74) is 3.44. The summed E-state index contributed by atoms with van der Waals surface area (Å²) in [5, 5.41) is 4.15. The standard InChI is InChI=1S/C15H20N2O/c1-10(2)6-15(18)16-9-12-4-5-14-13(8-12)7-11(3)17-14/h4-5,7-8,10,17H,6,9H2,1-3H3,(H,16,18). The number of benzene rings is 1. The van der Waals surface area contributed by atoms with Gasteiger partial charge in [-0.15, -0.1) is 0 Å². The van der Waals surface area contributed by atoms with Crippen LogP contribution in [-0.2, 0) is 11.3 Å². The third kappa shape index (κ3) is 3.13. The van der Waals surface area contributed by atoms with E-state index >= 15 is 0 Å². The molecule has 18 heavy (non-hydrogen) atoms. The van der Waals surface area contributed by atoms with E-state index < -0.39 is 0 Å². The number of carbonyl (C=O) groups is 1. The van der Waals surface area contributed by atoms with Gasteiger partial charge >= 0.3 is 0 Å². The molecule has 1 heterocycles. The number of nitrogens with one attached hydrogen (secondary N) is 2. The Morgan fingerprint density at radius 3 is 2.83 bits per heavy atom. The summed E-state index contributed by atoms with van der Waals surface area (Å²) >= 11 is 0. The van der Waals surface area contributed by atoms with Gasteiger partial charge in [-0.05, 0) is 42.0 Å². The lowest BCUT2D eigenvalue weighted by atomic mass is 10.1. The number of H-pyrrole nitrogens is 1. The summed E-state index contributed by atoms with van der Waals surface area (Å²) < 4.78 is 0. The average molecular weight is 244 g/mol. The van der Waals surface area contributed by atoms with Crippen LogP contribution >= 0.6 is 0 Å². The van der Waals surface area contributed by atoms with Crippen LogP contribution < -0.4 is 5.32 Å². The van der Waals surface area contributed by atoms with Crippen molar-refractivity contribution in [2.75, 3.05) is 0 Å². The minimum absolute atomic E-state index is 0.121. The molecule has 2 aromatic rings. The predicted octanol–water partition coefficient (Wildman–Crippen LogP) is 3.14. The van der Waals surface area contributed by atoms with Gasteiger partial charge in [0.2, 0.25) is 5.91 Å². The number of hydrogen-bond acceptors (Lipinski definition) is 1. The van der Waals surface area contributed by atoms with Gasteiger partial charge in [-0.25, -0.2) is 0 Å². The zero-order valence-corrected chi connectivity index (χ0v) is 11.2. The second-order valence-corrected chi connectivity index (χ2v) is 5.25. The second kappa shape index (κ2) is 5.25. The number of rotatable bonds is 4. The van der Waals surface area contributed by atoms with E-state index in [1.807, 2.05) is 26.8 Å². The molecule has 0 aliphatic rings. The maximum atomic E-state index is 11.6. The van der Waals surface area contributed by atoms with Gasteiger partial charge < -0.3 is 10.3 Å². The second-order valence-electron chi connectivity index (χ2n) is 5.25. The zero-order chi connectivity index (χ0) is 13.1. The number of amides is 1. The van der Waals surface area contributed by atoms with Crippen molar-refractivity contribution in [1.82, 2.24) is 10.3 Å². The molecule has 0 unspecified atom stereocenters. The molecule has 0 saturated heterocycles. The highest BCUT2D eigenvalue weighted by Crippen LogP contribution is 2.16. The number of hydrogen-bond donors (Lipinski definition) is 2. The summed E-state index contributed by atoms with van der Waals surface area (Å²) in [5.74, 6) is 0.523. The average Bonchev–Trinajstić information content (AvgIpc) is 2.64. The van der Waals surface area contributed by atoms with Crippen LogP contribution in [-0.4, -0.2) is 10.9 Å². The topological polar surface area (TPSA) is 44.9 Å². The Morgan fingerprint density at radius 2 is 2.11 bits per heavy atom. The molecule has 0 fully saturated rings. The molecule has 0 atom stereocenters. The van der Waals surface area contributed by atoms with E-state index in [9.17, 15) is 4.79 Å². The van der Waals surface area contributed by atoms with Crippen LogP contribution in [0.4, 0.5) is 0 Å². The van der Waals surface area contributed by atoms with Gasteiger partial charge in [-0.2, -0.15) is 0 Å². The molecule has 1 aromatic heterocycles. The molecule has 2 N–H and O–H groups in total. The Hall–Kier alpha value is -1.77. The SMILES string of the molecule is Cc1cc2cc(CNC(=O)CC(C)C)ccc2[nH]1. The molecule has 3 nitrogen and oxygen atoms in total. The van der Waals surface area contributed by atoms with E-state index in [1.165, 1.54) is 5.39 Å². The summed E-state index contributed by atoms with van der Waals surface area (Å²) in [6.07, 6.45) is 0.589. The van der Waals surface area contributed by atoms with E-state index in [4.69, 9.17) is 0 Å². The Morgan fingerprint density at radius 1 is 1.33 bits per heavy atom. The van der Waals surface area contributed by atoms with Crippen LogP contribution in [0.25, 0.3) is 10.9 Å². The predicted molar refractivity (Wildman–Crippen MR) is 74.3 cm³/mol. The number of aryl methyl sites for hydroxylation is 1. The Balaban J connectivity index is 2.01. The molecule has 1 amide bonds. The summed E-state index contributed by atoms with van der Waals surface area (Å²) in [6.45, 7) is 6.75. The Kier molecular flexibility index (Phi) is 3.70. The number of aromatic nitrogens is 1. The van der Waals surface area contributed by atoms with E-state index in [0.29, 0.717) is 18.9 Å². The van der Waals surface area contributed by atoms with Crippen LogP contribution in [0.1, 0.15) is 31.5 Å². The molecule has 0 spiro atoms. The summed E-state index contributed by atoms with van der Waals surface area (Å²) in [4.78, 5) is 14.9. The van der Waals surface area contributed by atoms with Crippen LogP contribution in [0.5, 0.6) is 0 Å². The third-order valence-electron chi connectivity index (χ3n) is 2.90. The van der Waals surface area contributed by atoms with Crippen LogP contribution in [0.15, 0.2) is 24.3 Å². The van der Waals surface area contributed by atoms with Crippen molar-refractivity contribution in [3.8, 4) is 0 Å². The zero-order valence-electron chi connectivity index (χ0n) is 11.2. The van der Waals surface area contributed by atoms with Gasteiger partial charge in [0.25, 0.3) is 0 Å². The van der Waals surface area contributed by atoms with Gasteiger partial charge in [0.1, 0.15) is 0 Å². The first kappa shape index (κ1) is 12.7. The molecule has 0 aliphatic heterocycles. The lowest BCUT2D eigenvalue weighted by molar-refractivity contribution is -0.121. The molecule has 2 rings (SSSR count). The van der Waals surface area contributed by atoms with E-state index in [-0.39, 0.29) is 5.91 Å². The smallest absolute Gasteiger partial charge is 0.220 e. The van der Waals surface area contributed by atoms with Gasteiger partial charge in [-0.1, -0.05) is 19.9 Å². The maximum Gasteiger partial charge on any atom is 0.220 e. The Labute approximate surface area is 108 Å². The van der Waals surface area contributed by atoms with Crippen molar-refractivity contribution in [2.24, 2.45) is 5.92 Å². The molecule has 0 radical (unpaired) electrons. The quantitative estimate of drug-likeness (QED) is 0.852. The van der Waals surface area contributed by atoms with E-state index in [0.717, 1.165) is 16.8 Å². The highest BCUT2D eigenvalue weighted by atomic mass is 16.1. The molecule has 0 saturated carbocycles. The molecule has 1 aromatic carbocycles. The molecule has 3 heteroatoms. The van der Waals surface area contributed by atoms with Crippen LogP contribution in [0.2, 0.25) is 0 Å². The van der Waals surface area contributed by atoms with Crippen molar-refractivity contribution in [3.05, 3.63) is 35.5 Å². The summed E-state index contributed by atoms with van der Waals surface area (Å²) in [6, 6.07) is 8.35. The van der Waals surface area contributed by atoms with Crippen molar-refractivity contribution in [2.45, 2.75) is 33.7 Å². The van der Waals surface area contributed by atoms with Crippen molar-refractivity contribution >= 4 is 16.8 Å². The molecule has 96 valence electrons. The molecular formula is C15H20N2O. The first-order valence-corrected chi connectivity index (χ1v) is 6.39. The monoisotopic (exact) mass is 244 g/mol. The number of aromatic amines is 1. The van der Waals surface area contributed by atoms with Crippen molar-refractivity contribution in [3.63, 3.8) is 0 Å². The van der Waals surface area contributed by atoms with Gasteiger partial charge in [0.15, 0.2) is 0 Å². The molecule has 0 aliphatic carbocycles. The van der Waals surface area contributed by atoms with Crippen molar-refractivity contribution in [1.29, 1.82) is 0 Å². The lowest BCUT2D eigenvalue weighted by Gasteiger charge is -2.07. The van der Waals surface area contributed by atoms with Gasteiger partial charge in [-0.3, -0.25) is 4.79 Å². The Bertz CT molecular complexity index is 555. The van der Waals surface area contributed by atoms with E-state index in [1.54, 1.807) is 0 Å². The highest BCUT2D eigenvalue weighted by molar-refractivity contribution is 5.81. The van der Waals surface area contributed by atoms with E-state index in [2.05, 4.69) is 28.5 Å². The number of fused-ring (bicyclic) bond motifs is 1. The third-order valence-corrected chi connectivity index (χ3v) is 2.90. The number of carbonyl (C=O) groups excluding carboxylic acids is 1. The van der Waals surface area contributed by atoms with Gasteiger partial charge in [0, 0.05) is 24.2 Å². The van der Waals surface area contributed by atoms with Crippen LogP contribution in [0, 0.1) is 12.8 Å². The normalized spacial score (nSPS) is 11.1. The first-order valence-electron chi connectivity index (χ1n) is 6.39.